The fourth-order valence-electron chi connectivity index (χ4n) is 1.90. The van der Waals surface area contributed by atoms with Crippen molar-refractivity contribution in [2.24, 2.45) is 0 Å². The standard InChI is InChI=1S/C15H22O3/c1-3-4-5-6-7-8-13-11-12(2)14(18-13)9-10-15(16)17/h9-11H,3-8H2,1-2H3,(H,16,17)/b10-9+. The number of hydrogen-bond donors (Lipinski definition) is 1. The highest BCUT2D eigenvalue weighted by Crippen LogP contribution is 2.18. The van der Waals surface area contributed by atoms with Gasteiger partial charge >= 0.3 is 5.97 Å². The van der Waals surface area contributed by atoms with Crippen LogP contribution in [0.25, 0.3) is 6.08 Å². The highest BCUT2D eigenvalue weighted by molar-refractivity contribution is 5.84. The van der Waals surface area contributed by atoms with Gasteiger partial charge in [0.25, 0.3) is 0 Å². The van der Waals surface area contributed by atoms with Crippen LogP contribution in [0.4, 0.5) is 0 Å². The maximum atomic E-state index is 10.4. The van der Waals surface area contributed by atoms with Crippen LogP contribution in [0.3, 0.4) is 0 Å². The monoisotopic (exact) mass is 250 g/mol. The largest absolute Gasteiger partial charge is 0.478 e. The van der Waals surface area contributed by atoms with Gasteiger partial charge in [-0.3, -0.25) is 0 Å². The Hall–Kier alpha value is -1.51. The molecule has 0 fully saturated rings. The van der Waals surface area contributed by atoms with E-state index in [1.165, 1.54) is 31.8 Å². The molecule has 1 aromatic heterocycles. The lowest BCUT2D eigenvalue weighted by atomic mass is 10.1. The van der Waals surface area contributed by atoms with Crippen LogP contribution < -0.4 is 0 Å². The second-order valence-corrected chi connectivity index (χ2v) is 4.60. The molecule has 0 aliphatic carbocycles. The van der Waals surface area contributed by atoms with Gasteiger partial charge < -0.3 is 9.52 Å². The van der Waals surface area contributed by atoms with E-state index < -0.39 is 5.97 Å². The molecule has 3 nitrogen and oxygen atoms in total. The normalized spacial score (nSPS) is 11.2. The lowest BCUT2D eigenvalue weighted by Crippen LogP contribution is -1.85. The number of rotatable bonds is 8. The Balaban J connectivity index is 2.43. The maximum Gasteiger partial charge on any atom is 0.328 e. The Morgan fingerprint density at radius 1 is 1.33 bits per heavy atom. The van der Waals surface area contributed by atoms with Gasteiger partial charge in [0.15, 0.2) is 0 Å². The van der Waals surface area contributed by atoms with E-state index in [-0.39, 0.29) is 0 Å². The van der Waals surface area contributed by atoms with E-state index >= 15 is 0 Å². The summed E-state index contributed by atoms with van der Waals surface area (Å²) < 4.78 is 5.62. The topological polar surface area (TPSA) is 50.4 Å². The van der Waals surface area contributed by atoms with Gasteiger partial charge in [0.2, 0.25) is 0 Å². The van der Waals surface area contributed by atoms with Crippen LogP contribution in [-0.2, 0) is 11.2 Å². The Labute approximate surface area is 109 Å². The number of carboxylic acid groups (broad SMARTS) is 1. The second kappa shape index (κ2) is 7.75. The number of aliphatic carboxylic acids is 1. The molecule has 0 amide bonds. The fourth-order valence-corrected chi connectivity index (χ4v) is 1.90. The van der Waals surface area contributed by atoms with Gasteiger partial charge in [-0.15, -0.1) is 0 Å². The third kappa shape index (κ3) is 5.21. The Morgan fingerprint density at radius 2 is 2.06 bits per heavy atom. The van der Waals surface area contributed by atoms with Crippen molar-refractivity contribution < 1.29 is 14.3 Å². The molecule has 1 aromatic rings. The van der Waals surface area contributed by atoms with Gasteiger partial charge in [0.05, 0.1) is 0 Å². The molecule has 3 heteroatoms. The third-order valence-corrected chi connectivity index (χ3v) is 2.91. The Kier molecular flexibility index (Phi) is 6.26. The number of carbonyl (C=O) groups is 1. The molecule has 0 aromatic carbocycles. The van der Waals surface area contributed by atoms with Gasteiger partial charge in [-0.05, 0) is 31.1 Å². The molecule has 1 N–H and O–H groups in total. The molecule has 0 saturated carbocycles. The summed E-state index contributed by atoms with van der Waals surface area (Å²) in [6, 6.07) is 2.00. The quantitative estimate of drug-likeness (QED) is 0.555. The van der Waals surface area contributed by atoms with Crippen LogP contribution >= 0.6 is 0 Å². The van der Waals surface area contributed by atoms with Crippen molar-refractivity contribution in [1.29, 1.82) is 0 Å². The smallest absolute Gasteiger partial charge is 0.328 e. The van der Waals surface area contributed by atoms with Gasteiger partial charge in [0.1, 0.15) is 11.5 Å². The lowest BCUT2D eigenvalue weighted by Gasteiger charge is -1.97. The van der Waals surface area contributed by atoms with E-state index in [2.05, 4.69) is 6.92 Å². The van der Waals surface area contributed by atoms with Crippen molar-refractivity contribution in [3.63, 3.8) is 0 Å². The zero-order valence-corrected chi connectivity index (χ0v) is 11.2. The summed E-state index contributed by atoms with van der Waals surface area (Å²) in [4.78, 5) is 10.4. The zero-order chi connectivity index (χ0) is 13.4. The minimum Gasteiger partial charge on any atom is -0.478 e. The zero-order valence-electron chi connectivity index (χ0n) is 11.2. The van der Waals surface area contributed by atoms with E-state index in [9.17, 15) is 4.79 Å². The van der Waals surface area contributed by atoms with Crippen molar-refractivity contribution in [3.8, 4) is 0 Å². The molecule has 1 rings (SSSR count). The number of furan rings is 1. The molecule has 0 atom stereocenters. The number of hydrogen-bond acceptors (Lipinski definition) is 2. The van der Waals surface area contributed by atoms with Crippen molar-refractivity contribution in [2.45, 2.75) is 52.4 Å². The van der Waals surface area contributed by atoms with Crippen LogP contribution in [0, 0.1) is 6.92 Å². The van der Waals surface area contributed by atoms with Crippen molar-refractivity contribution >= 4 is 12.0 Å². The van der Waals surface area contributed by atoms with Gasteiger partial charge in [-0.25, -0.2) is 4.79 Å². The van der Waals surface area contributed by atoms with Crippen molar-refractivity contribution in [3.05, 3.63) is 29.2 Å². The summed E-state index contributed by atoms with van der Waals surface area (Å²) in [6.45, 7) is 4.14. The number of carboxylic acids is 1. The molecular weight excluding hydrogens is 228 g/mol. The maximum absolute atomic E-state index is 10.4. The fraction of sp³-hybridized carbons (Fsp3) is 0.533. The highest BCUT2D eigenvalue weighted by atomic mass is 16.4. The van der Waals surface area contributed by atoms with Crippen LogP contribution in [-0.4, -0.2) is 11.1 Å². The molecule has 0 unspecified atom stereocenters. The minimum atomic E-state index is -0.952. The Morgan fingerprint density at radius 3 is 2.72 bits per heavy atom. The first-order valence-corrected chi connectivity index (χ1v) is 6.63. The van der Waals surface area contributed by atoms with Crippen molar-refractivity contribution in [1.82, 2.24) is 0 Å². The first kappa shape index (κ1) is 14.6. The van der Waals surface area contributed by atoms with E-state index in [1.54, 1.807) is 0 Å². The molecular formula is C15H22O3. The summed E-state index contributed by atoms with van der Waals surface area (Å²) in [6.07, 6.45) is 9.75. The lowest BCUT2D eigenvalue weighted by molar-refractivity contribution is -0.131. The predicted octanol–water partition coefficient (Wildman–Crippen LogP) is 4.20. The molecule has 0 radical (unpaired) electrons. The second-order valence-electron chi connectivity index (χ2n) is 4.60. The third-order valence-electron chi connectivity index (χ3n) is 2.91. The molecule has 0 spiro atoms. The number of aryl methyl sites for hydroxylation is 2. The molecule has 1 heterocycles. The molecule has 0 bridgehead atoms. The van der Waals surface area contributed by atoms with Crippen LogP contribution in [0.2, 0.25) is 0 Å². The van der Waals surface area contributed by atoms with Gasteiger partial charge in [-0.1, -0.05) is 32.6 Å². The molecule has 0 saturated heterocycles. The van der Waals surface area contributed by atoms with Crippen LogP contribution in [0.5, 0.6) is 0 Å². The predicted molar refractivity (Wildman–Crippen MR) is 72.6 cm³/mol. The van der Waals surface area contributed by atoms with E-state index in [4.69, 9.17) is 9.52 Å². The minimum absolute atomic E-state index is 0.654. The van der Waals surface area contributed by atoms with Crippen molar-refractivity contribution in [2.75, 3.05) is 0 Å². The average Bonchev–Trinajstić information content (AvgIpc) is 2.67. The molecule has 0 aliphatic heterocycles. The summed E-state index contributed by atoms with van der Waals surface area (Å²) in [5.74, 6) is 0.655. The SMILES string of the molecule is CCCCCCCc1cc(C)c(/C=C/C(=O)O)o1. The Bertz CT molecular complexity index is 402. The average molecular weight is 250 g/mol. The van der Waals surface area contributed by atoms with Crippen LogP contribution in [0.15, 0.2) is 16.6 Å². The number of unbranched alkanes of at least 4 members (excludes halogenated alkanes) is 4. The highest BCUT2D eigenvalue weighted by Gasteiger charge is 2.05. The molecule has 100 valence electrons. The molecule has 18 heavy (non-hydrogen) atoms. The first-order valence-electron chi connectivity index (χ1n) is 6.63. The summed E-state index contributed by atoms with van der Waals surface area (Å²) in [7, 11) is 0. The van der Waals surface area contributed by atoms with E-state index in [0.717, 1.165) is 30.2 Å². The first-order chi connectivity index (χ1) is 8.63. The summed E-state index contributed by atoms with van der Waals surface area (Å²) in [5.41, 5.74) is 0.996. The summed E-state index contributed by atoms with van der Waals surface area (Å²) in [5, 5.41) is 8.57. The van der Waals surface area contributed by atoms with E-state index in [1.807, 2.05) is 13.0 Å². The van der Waals surface area contributed by atoms with Crippen LogP contribution in [0.1, 0.15) is 56.1 Å². The molecule has 0 aliphatic rings. The van der Waals surface area contributed by atoms with E-state index in [0.29, 0.717) is 5.76 Å². The van der Waals surface area contributed by atoms with Gasteiger partial charge in [0, 0.05) is 12.5 Å². The summed E-state index contributed by atoms with van der Waals surface area (Å²) >= 11 is 0. The van der Waals surface area contributed by atoms with Gasteiger partial charge in [-0.2, -0.15) is 0 Å².